The molecule has 1 saturated carbocycles. The molecule has 0 aromatic heterocycles. The van der Waals surface area contributed by atoms with Crippen LogP contribution in [0.3, 0.4) is 0 Å². The Morgan fingerprint density at radius 2 is 1.72 bits per heavy atom. The van der Waals surface area contributed by atoms with Crippen LogP contribution in [-0.4, -0.2) is 35.8 Å². The Labute approximate surface area is 188 Å². The van der Waals surface area contributed by atoms with Gasteiger partial charge in [0.2, 0.25) is 11.8 Å². The number of carbonyl (C=O) groups excluding carboxylic acids is 3. The average molecular weight is 435 g/mol. The highest BCUT2D eigenvalue weighted by atomic mass is 16.2. The van der Waals surface area contributed by atoms with Crippen molar-refractivity contribution in [2.75, 3.05) is 22.1 Å². The van der Waals surface area contributed by atoms with E-state index in [1.165, 1.54) is 19.3 Å². The minimum absolute atomic E-state index is 0.0264. The maximum Gasteiger partial charge on any atom is 0.251 e. The molecular weight excluding hydrogens is 404 g/mol. The van der Waals surface area contributed by atoms with Crippen LogP contribution in [0.25, 0.3) is 0 Å². The van der Waals surface area contributed by atoms with Gasteiger partial charge in [-0.2, -0.15) is 0 Å². The third-order valence-corrected chi connectivity index (χ3v) is 6.29. The van der Waals surface area contributed by atoms with Crippen molar-refractivity contribution in [2.24, 2.45) is 0 Å². The molecule has 0 saturated heterocycles. The molecule has 1 fully saturated rings. The SMILES string of the molecule is CC1(C)C(=O)Nc2ccccc2N1C(=O)CNc1ccc(C(=O)NC2CCCCC2)cc1. The fraction of sp³-hybridized carbons (Fsp3) is 0.400. The van der Waals surface area contributed by atoms with Gasteiger partial charge in [-0.05, 0) is 63.1 Å². The number of fused-ring (bicyclic) bond motifs is 1. The summed E-state index contributed by atoms with van der Waals surface area (Å²) in [5.41, 5.74) is 1.64. The molecule has 0 atom stereocenters. The number of para-hydroxylation sites is 2. The van der Waals surface area contributed by atoms with Gasteiger partial charge in [-0.25, -0.2) is 0 Å². The number of rotatable bonds is 5. The van der Waals surface area contributed by atoms with Crippen LogP contribution < -0.4 is 20.9 Å². The van der Waals surface area contributed by atoms with Gasteiger partial charge in [-0.3, -0.25) is 19.3 Å². The number of amides is 3. The molecular formula is C25H30N4O3. The lowest BCUT2D eigenvalue weighted by Gasteiger charge is -2.42. The molecule has 3 N–H and O–H groups in total. The first-order valence-corrected chi connectivity index (χ1v) is 11.2. The lowest BCUT2D eigenvalue weighted by molar-refractivity contribution is -0.125. The molecule has 2 aromatic carbocycles. The van der Waals surface area contributed by atoms with E-state index in [-0.39, 0.29) is 30.3 Å². The number of anilines is 3. The molecule has 0 spiro atoms. The topological polar surface area (TPSA) is 90.5 Å². The van der Waals surface area contributed by atoms with Crippen molar-refractivity contribution < 1.29 is 14.4 Å². The van der Waals surface area contributed by atoms with E-state index in [4.69, 9.17) is 0 Å². The van der Waals surface area contributed by atoms with Crippen LogP contribution in [-0.2, 0) is 9.59 Å². The van der Waals surface area contributed by atoms with Gasteiger partial charge in [0.05, 0.1) is 17.9 Å². The van der Waals surface area contributed by atoms with Crippen molar-refractivity contribution in [1.82, 2.24) is 5.32 Å². The first-order chi connectivity index (χ1) is 15.4. The first-order valence-electron chi connectivity index (χ1n) is 11.2. The maximum absolute atomic E-state index is 13.1. The van der Waals surface area contributed by atoms with E-state index >= 15 is 0 Å². The Morgan fingerprint density at radius 1 is 1.03 bits per heavy atom. The summed E-state index contributed by atoms with van der Waals surface area (Å²) in [6.07, 6.45) is 5.67. The highest BCUT2D eigenvalue weighted by Gasteiger charge is 2.43. The van der Waals surface area contributed by atoms with E-state index in [2.05, 4.69) is 16.0 Å². The molecule has 2 aliphatic rings. The zero-order valence-corrected chi connectivity index (χ0v) is 18.6. The molecule has 168 valence electrons. The Hall–Kier alpha value is -3.35. The number of nitrogens with one attached hydrogen (secondary N) is 3. The van der Waals surface area contributed by atoms with Crippen LogP contribution in [0.1, 0.15) is 56.3 Å². The summed E-state index contributed by atoms with van der Waals surface area (Å²) in [4.78, 5) is 39.7. The van der Waals surface area contributed by atoms with Gasteiger partial charge in [0.1, 0.15) is 5.54 Å². The molecule has 0 radical (unpaired) electrons. The predicted molar refractivity (Wildman–Crippen MR) is 126 cm³/mol. The summed E-state index contributed by atoms with van der Waals surface area (Å²) in [7, 11) is 0. The van der Waals surface area contributed by atoms with Crippen molar-refractivity contribution in [3.63, 3.8) is 0 Å². The summed E-state index contributed by atoms with van der Waals surface area (Å²) in [6.45, 7) is 3.49. The minimum atomic E-state index is -1.01. The van der Waals surface area contributed by atoms with Crippen LogP contribution in [0, 0.1) is 0 Å². The van der Waals surface area contributed by atoms with Crippen LogP contribution in [0.4, 0.5) is 17.1 Å². The van der Waals surface area contributed by atoms with E-state index in [9.17, 15) is 14.4 Å². The molecule has 3 amide bonds. The van der Waals surface area contributed by atoms with Gasteiger partial charge in [0, 0.05) is 17.3 Å². The van der Waals surface area contributed by atoms with Crippen LogP contribution in [0.2, 0.25) is 0 Å². The van der Waals surface area contributed by atoms with Gasteiger partial charge in [0.25, 0.3) is 5.91 Å². The standard InChI is InChI=1S/C25H30N4O3/c1-25(2)24(32)28-20-10-6-7-11-21(20)29(25)22(30)16-26-18-14-12-17(13-15-18)23(31)27-19-8-4-3-5-9-19/h6-7,10-15,19,26H,3-5,8-9,16H2,1-2H3,(H,27,31)(H,28,32). The van der Waals surface area contributed by atoms with Gasteiger partial charge in [-0.15, -0.1) is 0 Å². The van der Waals surface area contributed by atoms with Crippen molar-refractivity contribution in [1.29, 1.82) is 0 Å². The molecule has 2 aromatic rings. The predicted octanol–water partition coefficient (Wildman–Crippen LogP) is 3.92. The van der Waals surface area contributed by atoms with Gasteiger partial charge in [-0.1, -0.05) is 31.4 Å². The Morgan fingerprint density at radius 3 is 2.44 bits per heavy atom. The molecule has 4 rings (SSSR count). The van der Waals surface area contributed by atoms with Crippen molar-refractivity contribution in [3.05, 3.63) is 54.1 Å². The van der Waals surface area contributed by atoms with Crippen LogP contribution in [0.5, 0.6) is 0 Å². The molecule has 32 heavy (non-hydrogen) atoms. The number of benzene rings is 2. The molecule has 0 unspecified atom stereocenters. The van der Waals surface area contributed by atoms with E-state index in [1.54, 1.807) is 49.1 Å². The number of nitrogens with zero attached hydrogens (tertiary/aromatic N) is 1. The Kier molecular flexibility index (Phi) is 6.17. The number of hydrogen-bond donors (Lipinski definition) is 3. The van der Waals surface area contributed by atoms with E-state index < -0.39 is 5.54 Å². The lowest BCUT2D eigenvalue weighted by Crippen LogP contribution is -2.59. The average Bonchev–Trinajstić information content (AvgIpc) is 2.79. The fourth-order valence-corrected chi connectivity index (χ4v) is 4.41. The van der Waals surface area contributed by atoms with Gasteiger partial charge >= 0.3 is 0 Å². The fourth-order valence-electron chi connectivity index (χ4n) is 4.41. The van der Waals surface area contributed by atoms with Crippen molar-refractivity contribution in [2.45, 2.75) is 57.5 Å². The first kappa shape index (κ1) is 21.9. The highest BCUT2D eigenvalue weighted by molar-refractivity contribution is 6.14. The van der Waals surface area contributed by atoms with Gasteiger partial charge < -0.3 is 16.0 Å². The van der Waals surface area contributed by atoms with Gasteiger partial charge in [0.15, 0.2) is 0 Å². The summed E-state index contributed by atoms with van der Waals surface area (Å²) in [5.74, 6) is -0.494. The molecule has 1 aliphatic carbocycles. The summed E-state index contributed by atoms with van der Waals surface area (Å²) in [6, 6.07) is 14.7. The third kappa shape index (κ3) is 4.47. The van der Waals surface area contributed by atoms with E-state index in [0.717, 1.165) is 18.5 Å². The van der Waals surface area contributed by atoms with Crippen LogP contribution in [0.15, 0.2) is 48.5 Å². The second-order valence-corrected chi connectivity index (χ2v) is 9.00. The van der Waals surface area contributed by atoms with Crippen LogP contribution >= 0.6 is 0 Å². The molecule has 1 aliphatic heterocycles. The maximum atomic E-state index is 13.1. The van der Waals surface area contributed by atoms with E-state index in [1.807, 2.05) is 18.2 Å². The molecule has 1 heterocycles. The molecule has 0 bridgehead atoms. The largest absolute Gasteiger partial charge is 0.376 e. The number of hydrogen-bond acceptors (Lipinski definition) is 4. The summed E-state index contributed by atoms with van der Waals surface area (Å²) >= 11 is 0. The monoisotopic (exact) mass is 434 g/mol. The number of carbonyl (C=O) groups is 3. The molecule has 7 nitrogen and oxygen atoms in total. The van der Waals surface area contributed by atoms with E-state index in [0.29, 0.717) is 16.9 Å². The minimum Gasteiger partial charge on any atom is -0.376 e. The second kappa shape index (κ2) is 9.02. The van der Waals surface area contributed by atoms with Crippen molar-refractivity contribution >= 4 is 34.8 Å². The quantitative estimate of drug-likeness (QED) is 0.665. The Balaban J connectivity index is 1.39. The Bertz CT molecular complexity index is 1010. The highest BCUT2D eigenvalue weighted by Crippen LogP contribution is 2.36. The smallest absolute Gasteiger partial charge is 0.251 e. The third-order valence-electron chi connectivity index (χ3n) is 6.29. The zero-order valence-electron chi connectivity index (χ0n) is 18.6. The second-order valence-electron chi connectivity index (χ2n) is 9.00. The lowest BCUT2D eigenvalue weighted by atomic mass is 9.95. The normalized spacial score (nSPS) is 17.8. The van der Waals surface area contributed by atoms with Crippen molar-refractivity contribution in [3.8, 4) is 0 Å². The summed E-state index contributed by atoms with van der Waals surface area (Å²) in [5, 5.41) is 9.09. The zero-order chi connectivity index (χ0) is 22.7. The molecule has 7 heteroatoms. The summed E-state index contributed by atoms with van der Waals surface area (Å²) < 4.78 is 0.